The van der Waals surface area contributed by atoms with E-state index in [9.17, 15) is 4.79 Å². The average Bonchev–Trinajstić information content (AvgIpc) is 2.34. The third-order valence-corrected chi connectivity index (χ3v) is 0.961. The van der Waals surface area contributed by atoms with Gasteiger partial charge in [0.2, 0.25) is 5.91 Å². The van der Waals surface area contributed by atoms with Crippen LogP contribution in [0.15, 0.2) is 16.9 Å². The molecule has 1 rings (SSSR count). The van der Waals surface area contributed by atoms with Gasteiger partial charge in [0, 0.05) is 6.42 Å². The summed E-state index contributed by atoms with van der Waals surface area (Å²) >= 11 is 0. The van der Waals surface area contributed by atoms with Gasteiger partial charge in [0.05, 0.1) is 12.6 Å². The standard InChI is InChI=1S/C6H7N2O2/c7-5(9)1-2-6-8-3-4-10-6/h1,3-4H,2H2,(H2,7,9). The molecule has 53 valence electrons. The lowest BCUT2D eigenvalue weighted by Crippen LogP contribution is -2.12. The maximum absolute atomic E-state index is 10.2. The maximum atomic E-state index is 10.2. The molecule has 4 nitrogen and oxygen atoms in total. The van der Waals surface area contributed by atoms with Crippen LogP contribution in [0.5, 0.6) is 0 Å². The second-order valence-corrected chi connectivity index (χ2v) is 1.74. The number of hydrogen-bond donors (Lipinski definition) is 1. The molecule has 2 N–H and O–H groups in total. The molecule has 0 atom stereocenters. The quantitative estimate of drug-likeness (QED) is 0.636. The highest BCUT2D eigenvalue weighted by molar-refractivity contribution is 5.82. The topological polar surface area (TPSA) is 69.1 Å². The van der Waals surface area contributed by atoms with Gasteiger partial charge < -0.3 is 10.2 Å². The number of hydrogen-bond acceptors (Lipinski definition) is 3. The molecule has 0 aromatic carbocycles. The van der Waals surface area contributed by atoms with Crippen molar-refractivity contribution in [2.75, 3.05) is 0 Å². The molecule has 1 heterocycles. The molecule has 0 aliphatic heterocycles. The molecule has 0 spiro atoms. The van der Waals surface area contributed by atoms with Crippen molar-refractivity contribution in [1.29, 1.82) is 0 Å². The zero-order valence-electron chi connectivity index (χ0n) is 5.28. The number of nitrogens with two attached hydrogens (primary N) is 1. The number of amides is 1. The molecular weight excluding hydrogens is 132 g/mol. The first-order valence-electron chi connectivity index (χ1n) is 2.80. The van der Waals surface area contributed by atoms with Crippen LogP contribution >= 0.6 is 0 Å². The molecule has 0 bridgehead atoms. The second kappa shape index (κ2) is 3.00. The van der Waals surface area contributed by atoms with Crippen molar-refractivity contribution in [2.45, 2.75) is 6.42 Å². The Morgan fingerprint density at radius 1 is 1.90 bits per heavy atom. The second-order valence-electron chi connectivity index (χ2n) is 1.74. The third-order valence-electron chi connectivity index (χ3n) is 0.961. The van der Waals surface area contributed by atoms with E-state index in [4.69, 9.17) is 10.2 Å². The molecule has 0 saturated carbocycles. The molecule has 0 saturated heterocycles. The van der Waals surface area contributed by atoms with Crippen molar-refractivity contribution in [1.82, 2.24) is 4.98 Å². The Kier molecular flexibility index (Phi) is 2.04. The first kappa shape index (κ1) is 6.80. The fraction of sp³-hybridized carbons (Fsp3) is 0.167. The van der Waals surface area contributed by atoms with Crippen molar-refractivity contribution in [3.63, 3.8) is 0 Å². The normalized spacial score (nSPS) is 9.60. The lowest BCUT2D eigenvalue weighted by Gasteiger charge is -1.88. The molecule has 0 aliphatic rings. The Bertz CT molecular complexity index is 206. The van der Waals surface area contributed by atoms with E-state index in [1.807, 2.05) is 0 Å². The number of oxazole rings is 1. The third kappa shape index (κ3) is 1.89. The Hall–Kier alpha value is -1.32. The van der Waals surface area contributed by atoms with E-state index in [0.717, 1.165) is 0 Å². The first-order valence-corrected chi connectivity index (χ1v) is 2.80. The fourth-order valence-corrected chi connectivity index (χ4v) is 0.542. The van der Waals surface area contributed by atoms with Crippen LogP contribution in [0, 0.1) is 6.42 Å². The van der Waals surface area contributed by atoms with E-state index in [1.54, 1.807) is 0 Å². The van der Waals surface area contributed by atoms with Gasteiger partial charge in [-0.2, -0.15) is 0 Å². The molecule has 0 unspecified atom stereocenters. The number of carbonyl (C=O) groups is 1. The number of aromatic nitrogens is 1. The van der Waals surface area contributed by atoms with Gasteiger partial charge in [-0.25, -0.2) is 4.98 Å². The first-order chi connectivity index (χ1) is 4.79. The Morgan fingerprint density at radius 2 is 2.70 bits per heavy atom. The fourth-order valence-electron chi connectivity index (χ4n) is 0.542. The molecular formula is C6H7N2O2. The van der Waals surface area contributed by atoms with Crippen molar-refractivity contribution in [2.24, 2.45) is 5.73 Å². The number of primary amides is 1. The summed E-state index contributed by atoms with van der Waals surface area (Å²) < 4.78 is 4.83. The van der Waals surface area contributed by atoms with E-state index in [-0.39, 0.29) is 0 Å². The van der Waals surface area contributed by atoms with E-state index in [2.05, 4.69) is 4.98 Å². The van der Waals surface area contributed by atoms with Gasteiger partial charge >= 0.3 is 0 Å². The monoisotopic (exact) mass is 139 g/mol. The minimum atomic E-state index is -0.460. The van der Waals surface area contributed by atoms with Crippen LogP contribution in [0.1, 0.15) is 5.89 Å². The predicted octanol–water partition coefficient (Wildman–Crippen LogP) is -0.0933. The smallest absolute Gasteiger partial charge is 0.221 e. The molecule has 1 aromatic rings. The van der Waals surface area contributed by atoms with Crippen LogP contribution in [0.2, 0.25) is 0 Å². The van der Waals surface area contributed by atoms with Gasteiger partial charge in [-0.1, -0.05) is 0 Å². The molecule has 1 radical (unpaired) electrons. The van der Waals surface area contributed by atoms with Crippen LogP contribution in [-0.2, 0) is 11.2 Å². The predicted molar refractivity (Wildman–Crippen MR) is 33.7 cm³/mol. The summed E-state index contributed by atoms with van der Waals surface area (Å²) in [4.78, 5) is 14.0. The van der Waals surface area contributed by atoms with Crippen LogP contribution in [0.25, 0.3) is 0 Å². The van der Waals surface area contributed by atoms with Gasteiger partial charge in [0.15, 0.2) is 5.89 Å². The SMILES string of the molecule is NC(=O)[CH]Cc1ncco1. The average molecular weight is 139 g/mol. The van der Waals surface area contributed by atoms with Crippen LogP contribution in [0.4, 0.5) is 0 Å². The summed E-state index contributed by atoms with van der Waals surface area (Å²) in [6.07, 6.45) is 4.64. The van der Waals surface area contributed by atoms with Gasteiger partial charge in [-0.15, -0.1) is 0 Å². The number of nitrogens with zero attached hydrogens (tertiary/aromatic N) is 1. The highest BCUT2D eigenvalue weighted by Gasteiger charge is 1.99. The zero-order valence-corrected chi connectivity index (χ0v) is 5.28. The number of rotatable bonds is 3. The lowest BCUT2D eigenvalue weighted by molar-refractivity contribution is -0.115. The summed E-state index contributed by atoms with van der Waals surface area (Å²) in [6, 6.07) is 0. The van der Waals surface area contributed by atoms with Crippen LogP contribution in [0.3, 0.4) is 0 Å². The van der Waals surface area contributed by atoms with E-state index in [0.29, 0.717) is 12.3 Å². The summed E-state index contributed by atoms with van der Waals surface area (Å²) in [5.41, 5.74) is 4.85. The van der Waals surface area contributed by atoms with E-state index >= 15 is 0 Å². The van der Waals surface area contributed by atoms with Crippen molar-refractivity contribution in [3.05, 3.63) is 24.8 Å². The van der Waals surface area contributed by atoms with Gasteiger partial charge in [0.1, 0.15) is 6.26 Å². The highest BCUT2D eigenvalue weighted by Crippen LogP contribution is 1.96. The maximum Gasteiger partial charge on any atom is 0.221 e. The van der Waals surface area contributed by atoms with Crippen LogP contribution in [-0.4, -0.2) is 10.9 Å². The summed E-state index contributed by atoms with van der Waals surface area (Å²) in [6.45, 7) is 0. The summed E-state index contributed by atoms with van der Waals surface area (Å²) in [5.74, 6) is 0.0389. The molecule has 10 heavy (non-hydrogen) atoms. The Morgan fingerprint density at radius 3 is 3.20 bits per heavy atom. The largest absolute Gasteiger partial charge is 0.449 e. The lowest BCUT2D eigenvalue weighted by atomic mass is 10.3. The van der Waals surface area contributed by atoms with Gasteiger partial charge in [-0.3, -0.25) is 4.79 Å². The highest BCUT2D eigenvalue weighted by atomic mass is 16.3. The number of carbonyl (C=O) groups excluding carboxylic acids is 1. The Balaban J connectivity index is 2.35. The molecule has 1 aromatic heterocycles. The minimum absolute atomic E-state index is 0.363. The Labute approximate surface area is 58.0 Å². The van der Waals surface area contributed by atoms with Crippen molar-refractivity contribution >= 4 is 5.91 Å². The minimum Gasteiger partial charge on any atom is -0.449 e. The molecule has 1 amide bonds. The van der Waals surface area contributed by atoms with Crippen LogP contribution < -0.4 is 5.73 Å². The van der Waals surface area contributed by atoms with Gasteiger partial charge in [0.25, 0.3) is 0 Å². The summed E-state index contributed by atoms with van der Waals surface area (Å²) in [7, 11) is 0. The summed E-state index contributed by atoms with van der Waals surface area (Å²) in [5, 5.41) is 0. The molecule has 4 heteroatoms. The van der Waals surface area contributed by atoms with Crippen molar-refractivity contribution < 1.29 is 9.21 Å². The molecule has 0 aliphatic carbocycles. The molecule has 0 fully saturated rings. The van der Waals surface area contributed by atoms with Gasteiger partial charge in [-0.05, 0) is 0 Å². The zero-order chi connectivity index (χ0) is 7.40. The van der Waals surface area contributed by atoms with Crippen molar-refractivity contribution in [3.8, 4) is 0 Å². The van der Waals surface area contributed by atoms with E-state index in [1.165, 1.54) is 18.9 Å². The van der Waals surface area contributed by atoms with E-state index < -0.39 is 5.91 Å².